The number of methoxy groups -OCH3 is 1. The van der Waals surface area contributed by atoms with Crippen LogP contribution >= 0.6 is 0 Å². The molecule has 0 aliphatic heterocycles. The summed E-state index contributed by atoms with van der Waals surface area (Å²) >= 11 is 0. The van der Waals surface area contributed by atoms with E-state index in [1.165, 1.54) is 18.2 Å². The Morgan fingerprint density at radius 3 is 2.62 bits per heavy atom. The van der Waals surface area contributed by atoms with Crippen LogP contribution < -0.4 is 10.6 Å². The summed E-state index contributed by atoms with van der Waals surface area (Å²) in [6, 6.07) is 17.2. The molecule has 0 atom stereocenters. The van der Waals surface area contributed by atoms with Crippen molar-refractivity contribution in [3.63, 3.8) is 0 Å². The Bertz CT molecular complexity index is 894. The zero-order chi connectivity index (χ0) is 18.4. The van der Waals surface area contributed by atoms with Gasteiger partial charge < -0.3 is 15.4 Å². The maximum Gasteiger partial charge on any atom is 0.339 e. The molecule has 3 aromatic rings. The summed E-state index contributed by atoms with van der Waals surface area (Å²) in [5.74, 6) is 0.677. The Balaban J connectivity index is 1.72. The fourth-order valence-electron chi connectivity index (χ4n) is 2.42. The van der Waals surface area contributed by atoms with Crippen molar-refractivity contribution < 1.29 is 9.53 Å². The van der Waals surface area contributed by atoms with Gasteiger partial charge in [-0.25, -0.2) is 9.78 Å². The number of carbonyl (C=O) groups excluding carboxylic acids is 1. The normalized spacial score (nSPS) is 10.2. The van der Waals surface area contributed by atoms with Crippen LogP contribution in [0.15, 0.2) is 60.8 Å². The van der Waals surface area contributed by atoms with E-state index in [0.717, 1.165) is 0 Å². The number of benzene rings is 2. The van der Waals surface area contributed by atoms with Crippen molar-refractivity contribution in [2.24, 2.45) is 0 Å². The maximum absolute atomic E-state index is 11.9. The van der Waals surface area contributed by atoms with Crippen LogP contribution in [0, 0.1) is 6.92 Å². The van der Waals surface area contributed by atoms with E-state index in [9.17, 15) is 4.79 Å². The second-order valence-electron chi connectivity index (χ2n) is 5.77. The third kappa shape index (κ3) is 4.36. The van der Waals surface area contributed by atoms with Gasteiger partial charge in [-0.05, 0) is 30.7 Å². The molecular formula is C20H20N4O2. The molecule has 0 bridgehead atoms. The lowest BCUT2D eigenvalue weighted by molar-refractivity contribution is 0.0602. The van der Waals surface area contributed by atoms with Crippen LogP contribution in [0.2, 0.25) is 0 Å². The number of anilines is 3. The predicted octanol–water partition coefficient (Wildman–Crippen LogP) is 3.93. The standard InChI is InChI=1S/C20H20N4O2/c1-14-7-9-15(10-8-14)13-22-18-11-12-21-20(24-18)23-17-6-4-3-5-16(17)19(25)26-2/h3-12H,13H2,1-2H3,(H2,21,22,23,24). The van der Waals surface area contributed by atoms with E-state index in [-0.39, 0.29) is 0 Å². The summed E-state index contributed by atoms with van der Waals surface area (Å²) in [6.45, 7) is 2.72. The minimum Gasteiger partial charge on any atom is -0.465 e. The number of hydrogen-bond donors (Lipinski definition) is 2. The summed E-state index contributed by atoms with van der Waals surface area (Å²) in [5, 5.41) is 6.34. The molecule has 6 heteroatoms. The van der Waals surface area contributed by atoms with Crippen LogP contribution in [0.25, 0.3) is 0 Å². The van der Waals surface area contributed by atoms with Gasteiger partial charge in [0.1, 0.15) is 5.82 Å². The highest BCUT2D eigenvalue weighted by molar-refractivity contribution is 5.96. The van der Waals surface area contributed by atoms with Gasteiger partial charge in [0.2, 0.25) is 5.95 Å². The summed E-state index contributed by atoms with van der Waals surface area (Å²) in [5.41, 5.74) is 3.41. The lowest BCUT2D eigenvalue weighted by Crippen LogP contribution is -2.08. The van der Waals surface area contributed by atoms with Gasteiger partial charge >= 0.3 is 5.97 Å². The van der Waals surface area contributed by atoms with Crippen LogP contribution in [0.3, 0.4) is 0 Å². The molecule has 0 aliphatic carbocycles. The first-order valence-corrected chi connectivity index (χ1v) is 8.22. The van der Waals surface area contributed by atoms with Crippen molar-refractivity contribution in [1.29, 1.82) is 0 Å². The molecule has 132 valence electrons. The van der Waals surface area contributed by atoms with Crippen LogP contribution in [-0.2, 0) is 11.3 Å². The number of aryl methyl sites for hydroxylation is 1. The van der Waals surface area contributed by atoms with Gasteiger partial charge in [-0.2, -0.15) is 4.98 Å². The molecule has 0 aliphatic rings. The number of nitrogens with one attached hydrogen (secondary N) is 2. The number of aromatic nitrogens is 2. The number of esters is 1. The van der Waals surface area contributed by atoms with Crippen molar-refractivity contribution in [2.45, 2.75) is 13.5 Å². The molecular weight excluding hydrogens is 328 g/mol. The van der Waals surface area contributed by atoms with Gasteiger partial charge in [-0.3, -0.25) is 0 Å². The van der Waals surface area contributed by atoms with E-state index in [0.29, 0.717) is 29.6 Å². The Morgan fingerprint density at radius 2 is 1.85 bits per heavy atom. The number of para-hydroxylation sites is 1. The van der Waals surface area contributed by atoms with Crippen LogP contribution in [0.1, 0.15) is 21.5 Å². The van der Waals surface area contributed by atoms with E-state index in [4.69, 9.17) is 4.74 Å². The fourth-order valence-corrected chi connectivity index (χ4v) is 2.42. The largest absolute Gasteiger partial charge is 0.465 e. The van der Waals surface area contributed by atoms with E-state index < -0.39 is 5.97 Å². The van der Waals surface area contributed by atoms with Gasteiger partial charge in [0.05, 0.1) is 18.4 Å². The summed E-state index contributed by atoms with van der Waals surface area (Å²) < 4.78 is 4.80. The molecule has 0 radical (unpaired) electrons. The van der Waals surface area contributed by atoms with Crippen LogP contribution in [0.4, 0.5) is 17.5 Å². The third-order valence-corrected chi connectivity index (χ3v) is 3.83. The molecule has 1 heterocycles. The monoisotopic (exact) mass is 348 g/mol. The number of ether oxygens (including phenoxy) is 1. The summed E-state index contributed by atoms with van der Waals surface area (Å²) in [6.07, 6.45) is 1.66. The van der Waals surface area contributed by atoms with E-state index in [1.807, 2.05) is 6.07 Å². The molecule has 6 nitrogen and oxygen atoms in total. The first kappa shape index (κ1) is 17.4. The average molecular weight is 348 g/mol. The Labute approximate surface area is 152 Å². The molecule has 0 saturated heterocycles. The Morgan fingerprint density at radius 1 is 1.08 bits per heavy atom. The van der Waals surface area contributed by atoms with Crippen molar-refractivity contribution in [2.75, 3.05) is 17.7 Å². The molecule has 1 aromatic heterocycles. The molecule has 26 heavy (non-hydrogen) atoms. The zero-order valence-electron chi connectivity index (χ0n) is 14.7. The molecule has 0 fully saturated rings. The van der Waals surface area contributed by atoms with Gasteiger partial charge in [-0.15, -0.1) is 0 Å². The second kappa shape index (κ2) is 8.11. The fraction of sp³-hybridized carbons (Fsp3) is 0.150. The summed E-state index contributed by atoms with van der Waals surface area (Å²) in [4.78, 5) is 20.5. The Kier molecular flexibility index (Phi) is 5.43. The molecule has 2 N–H and O–H groups in total. The van der Waals surface area contributed by atoms with Gasteiger partial charge in [0.25, 0.3) is 0 Å². The quantitative estimate of drug-likeness (QED) is 0.658. The third-order valence-electron chi connectivity index (χ3n) is 3.83. The summed E-state index contributed by atoms with van der Waals surface area (Å²) in [7, 11) is 1.35. The molecule has 3 rings (SSSR count). The van der Waals surface area contributed by atoms with E-state index in [2.05, 4.69) is 51.8 Å². The van der Waals surface area contributed by atoms with Crippen molar-refractivity contribution in [3.05, 3.63) is 77.5 Å². The number of rotatable bonds is 6. The van der Waals surface area contributed by atoms with Crippen LogP contribution in [-0.4, -0.2) is 23.0 Å². The Hall–Kier alpha value is -3.41. The predicted molar refractivity (Wildman–Crippen MR) is 102 cm³/mol. The van der Waals surface area contributed by atoms with Crippen molar-refractivity contribution in [3.8, 4) is 0 Å². The smallest absolute Gasteiger partial charge is 0.339 e. The first-order chi connectivity index (χ1) is 12.7. The minimum absolute atomic E-state index is 0.398. The lowest BCUT2D eigenvalue weighted by atomic mass is 10.1. The topological polar surface area (TPSA) is 76.1 Å². The van der Waals surface area contributed by atoms with Gasteiger partial charge in [-0.1, -0.05) is 42.0 Å². The van der Waals surface area contributed by atoms with E-state index in [1.54, 1.807) is 30.5 Å². The number of hydrogen-bond acceptors (Lipinski definition) is 6. The molecule has 0 saturated carbocycles. The zero-order valence-corrected chi connectivity index (χ0v) is 14.7. The number of carbonyl (C=O) groups is 1. The highest BCUT2D eigenvalue weighted by atomic mass is 16.5. The minimum atomic E-state index is -0.415. The average Bonchev–Trinajstić information content (AvgIpc) is 2.68. The SMILES string of the molecule is COC(=O)c1ccccc1Nc1nccc(NCc2ccc(C)cc2)n1. The maximum atomic E-state index is 11.9. The van der Waals surface area contributed by atoms with Crippen molar-refractivity contribution >= 4 is 23.4 Å². The molecule has 0 unspecified atom stereocenters. The highest BCUT2D eigenvalue weighted by Crippen LogP contribution is 2.20. The molecule has 0 amide bonds. The second-order valence-corrected chi connectivity index (χ2v) is 5.77. The highest BCUT2D eigenvalue weighted by Gasteiger charge is 2.12. The lowest BCUT2D eigenvalue weighted by Gasteiger charge is -2.11. The van der Waals surface area contributed by atoms with Gasteiger partial charge in [0.15, 0.2) is 0 Å². The van der Waals surface area contributed by atoms with Crippen molar-refractivity contribution in [1.82, 2.24) is 9.97 Å². The molecule has 2 aromatic carbocycles. The van der Waals surface area contributed by atoms with Crippen LogP contribution in [0.5, 0.6) is 0 Å². The van der Waals surface area contributed by atoms with Gasteiger partial charge in [0, 0.05) is 12.7 Å². The van der Waals surface area contributed by atoms with E-state index >= 15 is 0 Å². The number of nitrogens with zero attached hydrogens (tertiary/aromatic N) is 2. The molecule has 0 spiro atoms. The first-order valence-electron chi connectivity index (χ1n) is 8.22.